The number of sulfonamides is 1. The van der Waals surface area contributed by atoms with Crippen LogP contribution in [-0.2, 0) is 19.6 Å². The van der Waals surface area contributed by atoms with Crippen molar-refractivity contribution in [3.05, 3.63) is 28.2 Å². The van der Waals surface area contributed by atoms with E-state index in [1.54, 1.807) is 13.8 Å². The molecule has 4 aliphatic carbocycles. The van der Waals surface area contributed by atoms with Gasteiger partial charge < -0.3 is 11.1 Å². The standard InChI is InChI=1S/C22H29Cl2N3O4S/c1-21(2,27-32(30,31)17-6-15(23)5-16(24)7-17)11-18(28)26-19-13-3-12-4-14(19)10-22(8-12,9-13)20(25)29/h5-7,12-14,19,27H,3-4,8-11H2,1-2H3,(H2,25,29)(H,26,28). The molecule has 2 atom stereocenters. The van der Waals surface area contributed by atoms with Crippen LogP contribution in [0.4, 0.5) is 0 Å². The Morgan fingerprint density at radius 1 is 1.09 bits per heavy atom. The number of carbonyl (C=O) groups is 2. The van der Waals surface area contributed by atoms with Gasteiger partial charge in [0, 0.05) is 33.5 Å². The van der Waals surface area contributed by atoms with Crippen molar-refractivity contribution in [2.75, 3.05) is 0 Å². The molecule has 5 rings (SSSR count). The Kier molecular flexibility index (Phi) is 6.06. The fraction of sp³-hybridized carbons (Fsp3) is 0.636. The number of nitrogens with one attached hydrogen (secondary N) is 2. The Hall–Kier alpha value is -1.35. The summed E-state index contributed by atoms with van der Waals surface area (Å²) >= 11 is 11.9. The van der Waals surface area contributed by atoms with Crippen molar-refractivity contribution in [1.29, 1.82) is 0 Å². The highest BCUT2D eigenvalue weighted by molar-refractivity contribution is 7.89. The van der Waals surface area contributed by atoms with E-state index in [0.717, 1.165) is 32.1 Å². The molecule has 32 heavy (non-hydrogen) atoms. The summed E-state index contributed by atoms with van der Waals surface area (Å²) in [5, 5.41) is 3.57. The molecule has 0 aliphatic heterocycles. The number of hydrogen-bond donors (Lipinski definition) is 3. The quantitative estimate of drug-likeness (QED) is 0.531. The number of carbonyl (C=O) groups excluding carboxylic acids is 2. The Labute approximate surface area is 198 Å². The van der Waals surface area contributed by atoms with Crippen LogP contribution in [0.3, 0.4) is 0 Å². The van der Waals surface area contributed by atoms with Gasteiger partial charge in [-0.05, 0) is 81.9 Å². The number of halogens is 2. The predicted octanol–water partition coefficient (Wildman–Crippen LogP) is 3.24. The summed E-state index contributed by atoms with van der Waals surface area (Å²) in [7, 11) is -3.93. The van der Waals surface area contributed by atoms with Crippen molar-refractivity contribution in [2.24, 2.45) is 28.9 Å². The van der Waals surface area contributed by atoms with Gasteiger partial charge in [0.15, 0.2) is 0 Å². The van der Waals surface area contributed by atoms with E-state index in [0.29, 0.717) is 5.92 Å². The molecule has 1 aromatic carbocycles. The van der Waals surface area contributed by atoms with E-state index in [4.69, 9.17) is 28.9 Å². The van der Waals surface area contributed by atoms with Crippen LogP contribution in [0.2, 0.25) is 10.0 Å². The van der Waals surface area contributed by atoms with Gasteiger partial charge in [-0.1, -0.05) is 23.2 Å². The molecule has 0 spiro atoms. The zero-order chi connectivity index (χ0) is 23.5. The maximum absolute atomic E-state index is 12.9. The SMILES string of the molecule is CC(C)(CC(=O)NC1C2CC3CC1CC(C(N)=O)(C3)C2)NS(=O)(=O)c1cc(Cl)cc(Cl)c1. The summed E-state index contributed by atoms with van der Waals surface area (Å²) in [5.41, 5.74) is 4.30. The summed E-state index contributed by atoms with van der Waals surface area (Å²) in [4.78, 5) is 25.0. The third kappa shape index (κ3) is 4.65. The normalized spacial score (nSPS) is 31.5. The van der Waals surface area contributed by atoms with Gasteiger partial charge in [0.1, 0.15) is 0 Å². The number of primary amides is 1. The van der Waals surface area contributed by atoms with E-state index in [1.165, 1.54) is 18.2 Å². The lowest BCUT2D eigenvalue weighted by Gasteiger charge is -2.58. The van der Waals surface area contributed by atoms with E-state index in [-0.39, 0.29) is 51.1 Å². The molecule has 1 aromatic rings. The van der Waals surface area contributed by atoms with Gasteiger partial charge in [-0.2, -0.15) is 0 Å². The van der Waals surface area contributed by atoms with Crippen LogP contribution in [0, 0.1) is 23.2 Å². The summed E-state index contributed by atoms with van der Waals surface area (Å²) in [6, 6.07) is 4.09. The molecule has 4 N–H and O–H groups in total. The zero-order valence-electron chi connectivity index (χ0n) is 18.2. The highest BCUT2D eigenvalue weighted by atomic mass is 35.5. The molecule has 4 bridgehead atoms. The van der Waals surface area contributed by atoms with Crippen molar-refractivity contribution in [3.8, 4) is 0 Å². The van der Waals surface area contributed by atoms with Gasteiger partial charge in [0.2, 0.25) is 21.8 Å². The van der Waals surface area contributed by atoms with Crippen molar-refractivity contribution < 1.29 is 18.0 Å². The number of hydrogen-bond acceptors (Lipinski definition) is 4. The first kappa shape index (κ1) is 23.8. The lowest BCUT2D eigenvalue weighted by molar-refractivity contribution is -0.147. The lowest BCUT2D eigenvalue weighted by atomic mass is 9.47. The van der Waals surface area contributed by atoms with Gasteiger partial charge in [-0.15, -0.1) is 0 Å². The number of benzene rings is 1. The molecule has 0 saturated heterocycles. The summed E-state index contributed by atoms with van der Waals surface area (Å²) in [6.45, 7) is 3.32. The van der Waals surface area contributed by atoms with Crippen molar-refractivity contribution in [1.82, 2.24) is 10.0 Å². The average molecular weight is 502 g/mol. The van der Waals surface area contributed by atoms with Gasteiger partial charge in [0.05, 0.1) is 4.90 Å². The molecular formula is C22H29Cl2N3O4S. The largest absolute Gasteiger partial charge is 0.369 e. The van der Waals surface area contributed by atoms with Crippen LogP contribution >= 0.6 is 23.2 Å². The summed E-state index contributed by atoms with van der Waals surface area (Å²) in [6.07, 6.45) is 4.31. The minimum Gasteiger partial charge on any atom is -0.369 e. The third-order valence-corrected chi connectivity index (χ3v) is 9.40. The lowest BCUT2D eigenvalue weighted by Crippen LogP contribution is -2.62. The Morgan fingerprint density at radius 3 is 2.19 bits per heavy atom. The molecule has 4 aliphatic rings. The maximum Gasteiger partial charge on any atom is 0.241 e. The minimum absolute atomic E-state index is 0.00525. The van der Waals surface area contributed by atoms with E-state index in [1.807, 2.05) is 0 Å². The van der Waals surface area contributed by atoms with Crippen LogP contribution in [0.5, 0.6) is 0 Å². The van der Waals surface area contributed by atoms with Gasteiger partial charge in [0.25, 0.3) is 0 Å². The molecule has 0 heterocycles. The molecule has 2 unspecified atom stereocenters. The number of nitrogens with two attached hydrogens (primary N) is 1. The Morgan fingerprint density at radius 2 is 1.66 bits per heavy atom. The van der Waals surface area contributed by atoms with Gasteiger partial charge in [-0.3, -0.25) is 9.59 Å². The summed E-state index contributed by atoms with van der Waals surface area (Å²) < 4.78 is 28.2. The van der Waals surface area contributed by atoms with E-state index < -0.39 is 21.0 Å². The topological polar surface area (TPSA) is 118 Å². The second kappa shape index (κ2) is 8.15. The molecule has 10 heteroatoms. The third-order valence-electron chi connectivity index (χ3n) is 7.28. The van der Waals surface area contributed by atoms with Crippen LogP contribution in [0.15, 0.2) is 23.1 Å². The van der Waals surface area contributed by atoms with Crippen LogP contribution in [0.1, 0.15) is 52.4 Å². The van der Waals surface area contributed by atoms with Crippen molar-refractivity contribution in [3.63, 3.8) is 0 Å². The van der Waals surface area contributed by atoms with Crippen LogP contribution in [0.25, 0.3) is 0 Å². The zero-order valence-corrected chi connectivity index (χ0v) is 20.5. The second-order valence-electron chi connectivity index (χ2n) is 10.5. The molecule has 2 amide bonds. The number of rotatable bonds is 7. The fourth-order valence-corrected chi connectivity index (χ4v) is 8.48. The van der Waals surface area contributed by atoms with Gasteiger partial charge >= 0.3 is 0 Å². The molecule has 7 nitrogen and oxygen atoms in total. The Bertz CT molecular complexity index is 1020. The van der Waals surface area contributed by atoms with E-state index in [9.17, 15) is 18.0 Å². The molecular weight excluding hydrogens is 473 g/mol. The van der Waals surface area contributed by atoms with Crippen molar-refractivity contribution in [2.45, 2.75) is 68.8 Å². The second-order valence-corrected chi connectivity index (χ2v) is 13.0. The fourth-order valence-electron chi connectivity index (χ4n) is 6.34. The van der Waals surface area contributed by atoms with E-state index in [2.05, 4.69) is 10.0 Å². The van der Waals surface area contributed by atoms with Crippen molar-refractivity contribution >= 4 is 45.0 Å². The molecule has 4 saturated carbocycles. The molecule has 4 fully saturated rings. The average Bonchev–Trinajstić information content (AvgIpc) is 2.62. The molecule has 0 radical (unpaired) electrons. The van der Waals surface area contributed by atoms with Gasteiger partial charge in [-0.25, -0.2) is 13.1 Å². The Balaban J connectivity index is 1.41. The minimum atomic E-state index is -3.93. The highest BCUT2D eigenvalue weighted by Crippen LogP contribution is 2.59. The smallest absolute Gasteiger partial charge is 0.241 e. The first-order valence-electron chi connectivity index (χ1n) is 10.9. The predicted molar refractivity (Wildman–Crippen MR) is 123 cm³/mol. The van der Waals surface area contributed by atoms with Crippen LogP contribution < -0.4 is 15.8 Å². The molecule has 176 valence electrons. The van der Waals surface area contributed by atoms with Crippen LogP contribution in [-0.4, -0.2) is 31.8 Å². The summed E-state index contributed by atoms with van der Waals surface area (Å²) in [5.74, 6) is 0.559. The maximum atomic E-state index is 12.9. The highest BCUT2D eigenvalue weighted by Gasteiger charge is 2.58. The van der Waals surface area contributed by atoms with E-state index >= 15 is 0 Å². The molecule has 0 aromatic heterocycles. The number of amides is 2. The first-order valence-corrected chi connectivity index (χ1v) is 13.1. The monoisotopic (exact) mass is 501 g/mol. The first-order chi connectivity index (χ1) is 14.8.